The average Bonchev–Trinajstić information content (AvgIpc) is 2.29. The van der Waals surface area contributed by atoms with Gasteiger partial charge in [-0.3, -0.25) is 4.79 Å². The second-order valence-electron chi connectivity index (χ2n) is 3.69. The molecular weight excluding hydrogens is 259 g/mol. The first-order valence-electron chi connectivity index (χ1n) is 5.48. The summed E-state index contributed by atoms with van der Waals surface area (Å²) < 4.78 is 0. The molecule has 1 aromatic carbocycles. The molecule has 0 aliphatic heterocycles. The quantitative estimate of drug-likeness (QED) is 0.836. The molecule has 5 heteroatoms. The van der Waals surface area contributed by atoms with Gasteiger partial charge in [0.2, 0.25) is 5.91 Å². The van der Waals surface area contributed by atoms with Crippen molar-refractivity contribution in [3.05, 3.63) is 33.8 Å². The number of benzene rings is 1. The van der Waals surface area contributed by atoms with Gasteiger partial charge in [-0.25, -0.2) is 0 Å². The second-order valence-corrected chi connectivity index (χ2v) is 4.53. The Balaban J connectivity index is 2.33. The molecule has 0 aliphatic carbocycles. The standard InChI is InChI=1S/C12H16Cl2N2O/c1-15-6-5-12(17)16-7-4-9-2-3-10(13)8-11(9)14/h2-3,8,15H,4-7H2,1H3,(H,16,17). The number of carbonyl (C=O) groups excluding carboxylic acids is 1. The van der Waals surface area contributed by atoms with Crippen LogP contribution in [-0.2, 0) is 11.2 Å². The summed E-state index contributed by atoms with van der Waals surface area (Å²) in [7, 11) is 1.82. The summed E-state index contributed by atoms with van der Waals surface area (Å²) in [5, 5.41) is 7.03. The van der Waals surface area contributed by atoms with Gasteiger partial charge in [-0.05, 0) is 31.2 Å². The van der Waals surface area contributed by atoms with E-state index in [1.165, 1.54) is 0 Å². The Kier molecular flexibility index (Phi) is 6.34. The lowest BCUT2D eigenvalue weighted by atomic mass is 10.1. The SMILES string of the molecule is CNCCC(=O)NCCc1ccc(Cl)cc1Cl. The number of nitrogens with one attached hydrogen (secondary N) is 2. The Morgan fingerprint density at radius 3 is 2.71 bits per heavy atom. The molecule has 1 aromatic rings. The van der Waals surface area contributed by atoms with Gasteiger partial charge in [-0.15, -0.1) is 0 Å². The van der Waals surface area contributed by atoms with Crippen LogP contribution in [0.3, 0.4) is 0 Å². The maximum atomic E-state index is 11.3. The van der Waals surface area contributed by atoms with Gasteiger partial charge in [0.15, 0.2) is 0 Å². The van der Waals surface area contributed by atoms with Gasteiger partial charge in [0.25, 0.3) is 0 Å². The largest absolute Gasteiger partial charge is 0.356 e. The summed E-state index contributed by atoms with van der Waals surface area (Å²) in [4.78, 5) is 11.3. The van der Waals surface area contributed by atoms with Crippen LogP contribution in [-0.4, -0.2) is 26.0 Å². The molecule has 0 radical (unpaired) electrons. The van der Waals surface area contributed by atoms with Crippen molar-refractivity contribution in [1.82, 2.24) is 10.6 Å². The zero-order valence-corrected chi connectivity index (χ0v) is 11.2. The summed E-state index contributed by atoms with van der Waals surface area (Å²) in [6.45, 7) is 1.28. The summed E-state index contributed by atoms with van der Waals surface area (Å²) >= 11 is 11.8. The molecule has 0 heterocycles. The summed E-state index contributed by atoms with van der Waals surface area (Å²) in [5.74, 6) is 0.0458. The third-order valence-electron chi connectivity index (χ3n) is 2.33. The predicted octanol–water partition coefficient (Wildman–Crippen LogP) is 2.26. The fourth-order valence-electron chi connectivity index (χ4n) is 1.39. The van der Waals surface area contributed by atoms with Gasteiger partial charge in [0.05, 0.1) is 0 Å². The number of amides is 1. The van der Waals surface area contributed by atoms with Crippen molar-refractivity contribution in [3.63, 3.8) is 0 Å². The lowest BCUT2D eigenvalue weighted by Crippen LogP contribution is -2.28. The van der Waals surface area contributed by atoms with Crippen molar-refractivity contribution >= 4 is 29.1 Å². The molecule has 1 amide bonds. The first kappa shape index (κ1) is 14.3. The van der Waals surface area contributed by atoms with Gasteiger partial charge in [0, 0.05) is 29.6 Å². The van der Waals surface area contributed by atoms with E-state index in [1.54, 1.807) is 12.1 Å². The minimum atomic E-state index is 0.0458. The van der Waals surface area contributed by atoms with Crippen LogP contribution in [0.1, 0.15) is 12.0 Å². The molecule has 0 saturated heterocycles. The van der Waals surface area contributed by atoms with E-state index >= 15 is 0 Å². The van der Waals surface area contributed by atoms with Gasteiger partial charge in [-0.2, -0.15) is 0 Å². The summed E-state index contributed by atoms with van der Waals surface area (Å²) in [6.07, 6.45) is 1.20. The molecule has 1 rings (SSSR count). The molecule has 0 atom stereocenters. The van der Waals surface area contributed by atoms with Crippen LogP contribution < -0.4 is 10.6 Å². The summed E-state index contributed by atoms with van der Waals surface area (Å²) in [6, 6.07) is 5.39. The molecule has 0 spiro atoms. The van der Waals surface area contributed by atoms with Crippen LogP contribution in [0.25, 0.3) is 0 Å². The maximum Gasteiger partial charge on any atom is 0.221 e. The second kappa shape index (κ2) is 7.54. The smallest absolute Gasteiger partial charge is 0.221 e. The first-order valence-corrected chi connectivity index (χ1v) is 6.24. The third-order valence-corrected chi connectivity index (χ3v) is 2.92. The molecule has 0 unspecified atom stereocenters. The highest BCUT2D eigenvalue weighted by atomic mass is 35.5. The van der Waals surface area contributed by atoms with E-state index in [0.29, 0.717) is 36.0 Å². The molecule has 3 nitrogen and oxygen atoms in total. The number of halogens is 2. The minimum absolute atomic E-state index is 0.0458. The van der Waals surface area contributed by atoms with E-state index in [4.69, 9.17) is 23.2 Å². The van der Waals surface area contributed by atoms with Gasteiger partial charge in [0.1, 0.15) is 0 Å². The molecule has 2 N–H and O–H groups in total. The zero-order valence-electron chi connectivity index (χ0n) is 9.72. The van der Waals surface area contributed by atoms with Crippen LogP contribution >= 0.6 is 23.2 Å². The van der Waals surface area contributed by atoms with E-state index in [1.807, 2.05) is 13.1 Å². The molecular formula is C12H16Cl2N2O. The molecule has 0 aliphatic rings. The normalized spacial score (nSPS) is 10.3. The predicted molar refractivity (Wildman–Crippen MR) is 71.7 cm³/mol. The van der Waals surface area contributed by atoms with Crippen LogP contribution in [0.2, 0.25) is 10.0 Å². The minimum Gasteiger partial charge on any atom is -0.356 e. The van der Waals surface area contributed by atoms with E-state index in [2.05, 4.69) is 10.6 Å². The molecule has 17 heavy (non-hydrogen) atoms. The third kappa shape index (κ3) is 5.39. The topological polar surface area (TPSA) is 41.1 Å². The first-order chi connectivity index (χ1) is 8.13. The fourth-order valence-corrected chi connectivity index (χ4v) is 1.89. The highest BCUT2D eigenvalue weighted by molar-refractivity contribution is 6.35. The Hall–Kier alpha value is -0.770. The van der Waals surface area contributed by atoms with E-state index < -0.39 is 0 Å². The van der Waals surface area contributed by atoms with Crippen LogP contribution in [0.15, 0.2) is 18.2 Å². The van der Waals surface area contributed by atoms with E-state index in [0.717, 1.165) is 5.56 Å². The monoisotopic (exact) mass is 274 g/mol. The average molecular weight is 275 g/mol. The fraction of sp³-hybridized carbons (Fsp3) is 0.417. The lowest BCUT2D eigenvalue weighted by molar-refractivity contribution is -0.120. The van der Waals surface area contributed by atoms with Crippen LogP contribution in [0.4, 0.5) is 0 Å². The lowest BCUT2D eigenvalue weighted by Gasteiger charge is -2.07. The Morgan fingerprint density at radius 1 is 1.29 bits per heavy atom. The van der Waals surface area contributed by atoms with E-state index in [9.17, 15) is 4.79 Å². The zero-order chi connectivity index (χ0) is 12.7. The summed E-state index contributed by atoms with van der Waals surface area (Å²) in [5.41, 5.74) is 0.991. The Bertz CT molecular complexity index is 383. The molecule has 94 valence electrons. The van der Waals surface area contributed by atoms with Crippen molar-refractivity contribution in [1.29, 1.82) is 0 Å². The van der Waals surface area contributed by atoms with Crippen molar-refractivity contribution in [3.8, 4) is 0 Å². The molecule has 0 bridgehead atoms. The van der Waals surface area contributed by atoms with Crippen LogP contribution in [0, 0.1) is 0 Å². The molecule has 0 fully saturated rings. The van der Waals surface area contributed by atoms with Gasteiger partial charge < -0.3 is 10.6 Å². The van der Waals surface area contributed by atoms with E-state index in [-0.39, 0.29) is 5.91 Å². The number of hydrogen-bond acceptors (Lipinski definition) is 2. The van der Waals surface area contributed by atoms with Crippen molar-refractivity contribution in [2.75, 3.05) is 20.1 Å². The Morgan fingerprint density at radius 2 is 2.06 bits per heavy atom. The highest BCUT2D eigenvalue weighted by Gasteiger charge is 2.03. The Labute approximate surface area is 111 Å². The molecule has 0 aromatic heterocycles. The van der Waals surface area contributed by atoms with Gasteiger partial charge >= 0.3 is 0 Å². The van der Waals surface area contributed by atoms with Crippen molar-refractivity contribution in [2.24, 2.45) is 0 Å². The highest BCUT2D eigenvalue weighted by Crippen LogP contribution is 2.20. The van der Waals surface area contributed by atoms with Crippen molar-refractivity contribution in [2.45, 2.75) is 12.8 Å². The van der Waals surface area contributed by atoms with Crippen LogP contribution in [0.5, 0.6) is 0 Å². The number of rotatable bonds is 6. The molecule has 0 saturated carbocycles. The van der Waals surface area contributed by atoms with Crippen molar-refractivity contribution < 1.29 is 4.79 Å². The maximum absolute atomic E-state index is 11.3. The number of hydrogen-bond donors (Lipinski definition) is 2. The van der Waals surface area contributed by atoms with Gasteiger partial charge in [-0.1, -0.05) is 29.3 Å². The number of carbonyl (C=O) groups is 1.